The van der Waals surface area contributed by atoms with Crippen LogP contribution in [0.3, 0.4) is 0 Å². The Morgan fingerprint density at radius 2 is 2.05 bits per heavy atom. The number of hydrogen-bond acceptors (Lipinski definition) is 4. The van der Waals surface area contributed by atoms with Crippen molar-refractivity contribution >= 4 is 27.7 Å². The number of carbonyl (C=O) groups excluding carboxylic acids is 1. The predicted molar refractivity (Wildman–Crippen MR) is 75.6 cm³/mol. The number of nitrogens with zero attached hydrogens (tertiary/aromatic N) is 1. The van der Waals surface area contributed by atoms with Gasteiger partial charge in [0.1, 0.15) is 10.7 Å². The van der Waals surface area contributed by atoms with Gasteiger partial charge in [0, 0.05) is 24.4 Å². The molecular weight excluding hydrogens is 303 g/mol. The van der Waals surface area contributed by atoms with Crippen LogP contribution in [-0.4, -0.2) is 43.8 Å². The molecule has 0 radical (unpaired) electrons. The predicted octanol–water partition coefficient (Wildman–Crippen LogP) is 1.05. The van der Waals surface area contributed by atoms with Gasteiger partial charge in [0.25, 0.3) is 5.91 Å². The minimum absolute atomic E-state index is 0.141. The molecule has 0 aromatic heterocycles. The van der Waals surface area contributed by atoms with Gasteiger partial charge in [-0.1, -0.05) is 0 Å². The highest BCUT2D eigenvalue weighted by molar-refractivity contribution is 7.99. The monoisotopic (exact) mass is 318 g/mol. The van der Waals surface area contributed by atoms with E-state index in [1.54, 1.807) is 16.7 Å². The normalized spacial score (nSPS) is 16.8. The Bertz CT molecular complexity index is 611. The summed E-state index contributed by atoms with van der Waals surface area (Å²) in [4.78, 5) is 13.3. The molecule has 0 bridgehead atoms. The number of benzene rings is 1. The zero-order chi connectivity index (χ0) is 14.8. The van der Waals surface area contributed by atoms with Gasteiger partial charge in [-0.25, -0.2) is 17.9 Å². The van der Waals surface area contributed by atoms with Crippen molar-refractivity contribution < 1.29 is 17.6 Å². The van der Waals surface area contributed by atoms with E-state index in [4.69, 9.17) is 5.14 Å². The summed E-state index contributed by atoms with van der Waals surface area (Å²) >= 11 is 1.77. The summed E-state index contributed by atoms with van der Waals surface area (Å²) in [5.41, 5.74) is 0.141. The van der Waals surface area contributed by atoms with E-state index in [1.807, 2.05) is 0 Å². The molecule has 1 aromatic rings. The van der Waals surface area contributed by atoms with Crippen LogP contribution in [0.25, 0.3) is 0 Å². The van der Waals surface area contributed by atoms with Gasteiger partial charge in [0.05, 0.1) is 0 Å². The molecule has 0 spiro atoms. The van der Waals surface area contributed by atoms with Crippen LogP contribution in [0.15, 0.2) is 23.1 Å². The van der Waals surface area contributed by atoms with Gasteiger partial charge < -0.3 is 4.90 Å². The second-order valence-electron chi connectivity index (χ2n) is 4.45. The van der Waals surface area contributed by atoms with E-state index >= 15 is 0 Å². The summed E-state index contributed by atoms with van der Waals surface area (Å²) in [7, 11) is -4.18. The zero-order valence-corrected chi connectivity index (χ0v) is 12.3. The molecule has 1 fully saturated rings. The minimum Gasteiger partial charge on any atom is -0.338 e. The first-order chi connectivity index (χ1) is 9.39. The lowest BCUT2D eigenvalue weighted by atomic mass is 10.2. The first-order valence-corrected chi connectivity index (χ1v) is 8.79. The van der Waals surface area contributed by atoms with Crippen LogP contribution < -0.4 is 5.14 Å². The zero-order valence-electron chi connectivity index (χ0n) is 10.7. The lowest BCUT2D eigenvalue weighted by Gasteiger charge is -2.20. The molecule has 2 rings (SSSR count). The highest BCUT2D eigenvalue weighted by Crippen LogP contribution is 2.18. The van der Waals surface area contributed by atoms with E-state index in [0.29, 0.717) is 13.1 Å². The van der Waals surface area contributed by atoms with Crippen LogP contribution in [0.4, 0.5) is 4.39 Å². The molecule has 1 aromatic carbocycles. The summed E-state index contributed by atoms with van der Waals surface area (Å²) in [6, 6.07) is 3.25. The van der Waals surface area contributed by atoms with E-state index in [1.165, 1.54) is 6.07 Å². The molecule has 2 N–H and O–H groups in total. The maximum Gasteiger partial charge on any atom is 0.253 e. The fraction of sp³-hybridized carbons (Fsp3) is 0.417. The number of halogens is 1. The lowest BCUT2D eigenvalue weighted by Crippen LogP contribution is -2.33. The third-order valence-electron chi connectivity index (χ3n) is 2.99. The number of amides is 1. The Kier molecular flexibility index (Phi) is 4.66. The van der Waals surface area contributed by atoms with Crippen LogP contribution >= 0.6 is 11.8 Å². The second-order valence-corrected chi connectivity index (χ2v) is 7.20. The number of hydrogen-bond donors (Lipinski definition) is 1. The number of carbonyl (C=O) groups is 1. The fourth-order valence-corrected chi connectivity index (χ4v) is 3.50. The summed E-state index contributed by atoms with van der Waals surface area (Å²) < 4.78 is 36.0. The van der Waals surface area contributed by atoms with Gasteiger partial charge >= 0.3 is 0 Å². The molecule has 1 aliphatic heterocycles. The maximum absolute atomic E-state index is 13.4. The molecule has 0 unspecified atom stereocenters. The summed E-state index contributed by atoms with van der Waals surface area (Å²) in [6.45, 7) is 1.22. The van der Waals surface area contributed by atoms with Gasteiger partial charge in [0.2, 0.25) is 10.0 Å². The van der Waals surface area contributed by atoms with E-state index in [9.17, 15) is 17.6 Å². The summed E-state index contributed by atoms with van der Waals surface area (Å²) in [5, 5.41) is 4.93. The average molecular weight is 318 g/mol. The standard InChI is InChI=1S/C12H15FN2O3S2/c13-10-3-2-9(8-11(10)20(14,17)18)12(16)15-4-1-6-19-7-5-15/h2-3,8H,1,4-7H2,(H2,14,17,18). The second kappa shape index (κ2) is 6.11. The lowest BCUT2D eigenvalue weighted by molar-refractivity contribution is 0.0768. The van der Waals surface area contributed by atoms with Crippen LogP contribution in [0.1, 0.15) is 16.8 Å². The molecule has 0 aliphatic carbocycles. The van der Waals surface area contributed by atoms with Crippen molar-refractivity contribution in [2.75, 3.05) is 24.6 Å². The molecule has 20 heavy (non-hydrogen) atoms. The Labute approximate surface area is 121 Å². The molecule has 0 saturated carbocycles. The molecule has 0 atom stereocenters. The smallest absolute Gasteiger partial charge is 0.253 e. The Morgan fingerprint density at radius 1 is 1.30 bits per heavy atom. The van der Waals surface area contributed by atoms with Gasteiger partial charge in [-0.15, -0.1) is 0 Å². The number of sulfonamides is 1. The van der Waals surface area contributed by atoms with Crippen molar-refractivity contribution in [3.8, 4) is 0 Å². The van der Waals surface area contributed by atoms with Crippen LogP contribution in [-0.2, 0) is 10.0 Å². The number of thioether (sulfide) groups is 1. The average Bonchev–Trinajstić information content (AvgIpc) is 2.66. The number of primary sulfonamides is 1. The molecular formula is C12H15FN2O3S2. The van der Waals surface area contributed by atoms with Crippen molar-refractivity contribution in [3.05, 3.63) is 29.6 Å². The van der Waals surface area contributed by atoms with Crippen molar-refractivity contribution in [1.82, 2.24) is 4.90 Å². The molecule has 1 heterocycles. The van der Waals surface area contributed by atoms with Crippen LogP contribution in [0.2, 0.25) is 0 Å². The largest absolute Gasteiger partial charge is 0.338 e. The summed E-state index contributed by atoms with van der Waals surface area (Å²) in [6.07, 6.45) is 0.889. The van der Waals surface area contributed by atoms with Crippen molar-refractivity contribution in [2.24, 2.45) is 5.14 Å². The molecule has 110 valence electrons. The number of nitrogens with two attached hydrogens (primary N) is 1. The third-order valence-corrected chi connectivity index (χ3v) is 4.97. The van der Waals surface area contributed by atoms with E-state index in [0.717, 1.165) is 30.1 Å². The van der Waals surface area contributed by atoms with Gasteiger partial charge in [-0.3, -0.25) is 4.79 Å². The van der Waals surface area contributed by atoms with Crippen molar-refractivity contribution in [1.29, 1.82) is 0 Å². The number of rotatable bonds is 2. The molecule has 1 amide bonds. The molecule has 1 saturated heterocycles. The molecule has 8 heteroatoms. The Hall–Kier alpha value is -1.12. The molecule has 5 nitrogen and oxygen atoms in total. The Morgan fingerprint density at radius 3 is 2.75 bits per heavy atom. The fourth-order valence-electron chi connectivity index (χ4n) is 1.99. The van der Waals surface area contributed by atoms with E-state index < -0.39 is 20.7 Å². The first kappa shape index (κ1) is 15.3. The third kappa shape index (κ3) is 3.50. The Balaban J connectivity index is 2.30. The summed E-state index contributed by atoms with van der Waals surface area (Å²) in [5.74, 6) is 0.595. The first-order valence-electron chi connectivity index (χ1n) is 6.09. The van der Waals surface area contributed by atoms with Gasteiger partial charge in [-0.05, 0) is 30.4 Å². The van der Waals surface area contributed by atoms with Crippen molar-refractivity contribution in [2.45, 2.75) is 11.3 Å². The SMILES string of the molecule is NS(=O)(=O)c1cc(C(=O)N2CCCSCC2)ccc1F. The highest BCUT2D eigenvalue weighted by Gasteiger charge is 2.21. The van der Waals surface area contributed by atoms with Crippen LogP contribution in [0, 0.1) is 5.82 Å². The highest BCUT2D eigenvalue weighted by atomic mass is 32.2. The topological polar surface area (TPSA) is 80.5 Å². The van der Waals surface area contributed by atoms with E-state index in [-0.39, 0.29) is 11.5 Å². The van der Waals surface area contributed by atoms with Gasteiger partial charge in [-0.2, -0.15) is 11.8 Å². The van der Waals surface area contributed by atoms with Crippen LogP contribution in [0.5, 0.6) is 0 Å². The quantitative estimate of drug-likeness (QED) is 0.884. The van der Waals surface area contributed by atoms with Gasteiger partial charge in [0.15, 0.2) is 0 Å². The van der Waals surface area contributed by atoms with Crippen molar-refractivity contribution in [3.63, 3.8) is 0 Å². The van der Waals surface area contributed by atoms with E-state index in [2.05, 4.69) is 0 Å². The maximum atomic E-state index is 13.4. The minimum atomic E-state index is -4.18. The molecule has 1 aliphatic rings.